The molecular weight excluding hydrogens is 296 g/mol. The minimum absolute atomic E-state index is 0.716. The lowest BCUT2D eigenvalue weighted by molar-refractivity contribution is 0.114. The van der Waals surface area contributed by atoms with E-state index >= 15 is 0 Å². The lowest BCUT2D eigenvalue weighted by Gasteiger charge is -2.27. The zero-order chi connectivity index (χ0) is 17.6. The molecule has 0 N–H and O–H groups in total. The third kappa shape index (κ3) is 7.87. The van der Waals surface area contributed by atoms with Gasteiger partial charge in [-0.1, -0.05) is 62.7 Å². The van der Waals surface area contributed by atoms with Gasteiger partial charge in [-0.2, -0.15) is 0 Å². The normalized spacial score (nSPS) is 19.2. The maximum atomic E-state index is 5.21. The molecule has 1 aliphatic rings. The predicted octanol–water partition coefficient (Wildman–Crippen LogP) is 6.09. The first-order valence-corrected chi connectivity index (χ1v) is 8.53. The van der Waals surface area contributed by atoms with Crippen molar-refractivity contribution in [3.8, 4) is 0 Å². The number of rotatable bonds is 8. The number of hydrogen-bond donors (Lipinski definition) is 0. The molecule has 2 rings (SSSR count). The Balaban J connectivity index is 0.000000254. The molecule has 0 unspecified atom stereocenters. The average molecular weight is 326 g/mol. The van der Waals surface area contributed by atoms with E-state index in [-0.39, 0.29) is 0 Å². The second-order valence-corrected chi connectivity index (χ2v) is 5.96. The van der Waals surface area contributed by atoms with Crippen molar-refractivity contribution in [2.24, 2.45) is 11.8 Å². The first kappa shape index (κ1) is 19.8. The minimum atomic E-state index is 0.716. The third-order valence-electron chi connectivity index (χ3n) is 4.27. The maximum Gasteiger partial charge on any atom is 0.0901 e. The van der Waals surface area contributed by atoms with Crippen LogP contribution in [0.5, 0.6) is 0 Å². The van der Waals surface area contributed by atoms with Gasteiger partial charge in [-0.25, -0.2) is 0 Å². The van der Waals surface area contributed by atoms with Crippen molar-refractivity contribution >= 4 is 12.2 Å². The predicted molar refractivity (Wildman–Crippen MR) is 104 cm³/mol. The molecule has 0 heterocycles. The number of hydrogen-bond acceptors (Lipinski definition) is 2. The zero-order valence-electron chi connectivity index (χ0n) is 14.7. The quantitative estimate of drug-likeness (QED) is 0.538. The van der Waals surface area contributed by atoms with Crippen LogP contribution in [-0.2, 0) is 9.47 Å². The van der Waals surface area contributed by atoms with E-state index in [9.17, 15) is 0 Å². The van der Waals surface area contributed by atoms with Gasteiger partial charge >= 0.3 is 0 Å². The molecule has 24 heavy (non-hydrogen) atoms. The van der Waals surface area contributed by atoms with Crippen LogP contribution in [0, 0.1) is 11.8 Å². The minimum Gasteiger partial charge on any atom is -0.502 e. The SMILES string of the molecule is C=COCC1CCC(COC=C)CC1.C=Cc1ccc(C=C)cc1. The Labute approximate surface area is 147 Å². The summed E-state index contributed by atoms with van der Waals surface area (Å²) in [5.41, 5.74) is 2.29. The van der Waals surface area contributed by atoms with Crippen molar-refractivity contribution in [2.75, 3.05) is 13.2 Å². The average Bonchev–Trinajstić information content (AvgIpc) is 2.66. The van der Waals surface area contributed by atoms with Gasteiger partial charge in [0, 0.05) is 0 Å². The van der Waals surface area contributed by atoms with E-state index < -0.39 is 0 Å². The van der Waals surface area contributed by atoms with Gasteiger partial charge in [0.2, 0.25) is 0 Å². The van der Waals surface area contributed by atoms with Gasteiger partial charge in [-0.3, -0.25) is 0 Å². The van der Waals surface area contributed by atoms with Crippen molar-refractivity contribution in [2.45, 2.75) is 25.7 Å². The molecule has 1 saturated carbocycles. The van der Waals surface area contributed by atoms with Gasteiger partial charge < -0.3 is 9.47 Å². The van der Waals surface area contributed by atoms with Crippen molar-refractivity contribution in [3.05, 3.63) is 74.2 Å². The Kier molecular flexibility index (Phi) is 10.1. The summed E-state index contributed by atoms with van der Waals surface area (Å²) >= 11 is 0. The van der Waals surface area contributed by atoms with E-state index in [0.717, 1.165) is 24.3 Å². The Bertz CT molecular complexity index is 446. The molecule has 2 nitrogen and oxygen atoms in total. The highest BCUT2D eigenvalue weighted by Gasteiger charge is 2.21. The molecule has 1 fully saturated rings. The van der Waals surface area contributed by atoms with E-state index in [1.54, 1.807) is 0 Å². The fourth-order valence-corrected chi connectivity index (χ4v) is 2.74. The maximum absolute atomic E-state index is 5.21. The first-order valence-electron chi connectivity index (χ1n) is 8.53. The van der Waals surface area contributed by atoms with Crippen molar-refractivity contribution in [1.29, 1.82) is 0 Å². The molecule has 0 bridgehead atoms. The summed E-state index contributed by atoms with van der Waals surface area (Å²) in [7, 11) is 0. The third-order valence-corrected chi connectivity index (χ3v) is 4.27. The largest absolute Gasteiger partial charge is 0.502 e. The highest BCUT2D eigenvalue weighted by Crippen LogP contribution is 2.29. The van der Waals surface area contributed by atoms with Gasteiger partial charge in [-0.15, -0.1) is 0 Å². The Morgan fingerprint density at radius 1 is 0.708 bits per heavy atom. The van der Waals surface area contributed by atoms with Crippen LogP contribution < -0.4 is 0 Å². The molecule has 0 spiro atoms. The molecule has 0 saturated heterocycles. The molecule has 1 aliphatic carbocycles. The Morgan fingerprint density at radius 3 is 1.29 bits per heavy atom. The zero-order valence-corrected chi connectivity index (χ0v) is 14.7. The van der Waals surface area contributed by atoms with Crippen LogP contribution in [0.4, 0.5) is 0 Å². The molecule has 0 amide bonds. The van der Waals surface area contributed by atoms with Crippen LogP contribution in [0.3, 0.4) is 0 Å². The second-order valence-electron chi connectivity index (χ2n) is 5.96. The van der Waals surface area contributed by atoms with E-state index in [4.69, 9.17) is 9.47 Å². The van der Waals surface area contributed by atoms with Crippen LogP contribution in [0.15, 0.2) is 63.1 Å². The summed E-state index contributed by atoms with van der Waals surface area (Å²) in [6, 6.07) is 8.07. The molecule has 0 aromatic heterocycles. The first-order chi connectivity index (χ1) is 11.7. The van der Waals surface area contributed by atoms with Crippen LogP contribution in [0.25, 0.3) is 12.2 Å². The van der Waals surface area contributed by atoms with Gasteiger partial charge in [0.1, 0.15) is 0 Å². The summed E-state index contributed by atoms with van der Waals surface area (Å²) in [6.07, 6.45) is 11.7. The van der Waals surface area contributed by atoms with E-state index in [1.807, 2.05) is 36.4 Å². The van der Waals surface area contributed by atoms with Crippen LogP contribution in [0.1, 0.15) is 36.8 Å². The van der Waals surface area contributed by atoms with Crippen molar-refractivity contribution in [3.63, 3.8) is 0 Å². The lowest BCUT2D eigenvalue weighted by Crippen LogP contribution is -2.20. The van der Waals surface area contributed by atoms with Crippen molar-refractivity contribution in [1.82, 2.24) is 0 Å². The Hall–Kier alpha value is -2.22. The molecule has 1 aromatic rings. The van der Waals surface area contributed by atoms with Gasteiger partial charge in [-0.05, 0) is 48.6 Å². The molecule has 130 valence electrons. The standard InChI is InChI=1S/C12H20O2.C10H10/c1-3-13-9-11-5-7-12(8-6-11)10-14-4-2;1-3-9-5-7-10(4-2)8-6-9/h3-4,11-12H,1-2,5-10H2;3-8H,1-2H2. The van der Waals surface area contributed by atoms with E-state index in [0.29, 0.717) is 11.8 Å². The topological polar surface area (TPSA) is 18.5 Å². The smallest absolute Gasteiger partial charge is 0.0901 e. The molecule has 1 aromatic carbocycles. The van der Waals surface area contributed by atoms with E-state index in [1.165, 1.54) is 38.2 Å². The van der Waals surface area contributed by atoms with Crippen LogP contribution in [0.2, 0.25) is 0 Å². The molecule has 0 aliphatic heterocycles. The number of ether oxygens (including phenoxy) is 2. The van der Waals surface area contributed by atoms with Gasteiger partial charge in [0.25, 0.3) is 0 Å². The van der Waals surface area contributed by atoms with E-state index in [2.05, 4.69) is 26.3 Å². The van der Waals surface area contributed by atoms with Crippen molar-refractivity contribution < 1.29 is 9.47 Å². The van der Waals surface area contributed by atoms with Crippen LogP contribution >= 0.6 is 0 Å². The fourth-order valence-electron chi connectivity index (χ4n) is 2.74. The highest BCUT2D eigenvalue weighted by molar-refractivity contribution is 5.53. The lowest BCUT2D eigenvalue weighted by atomic mass is 9.83. The van der Waals surface area contributed by atoms with Gasteiger partial charge in [0.15, 0.2) is 0 Å². The summed E-state index contributed by atoms with van der Waals surface area (Å²) in [5, 5.41) is 0. The molecular formula is C22H30O2. The van der Waals surface area contributed by atoms with Gasteiger partial charge in [0.05, 0.1) is 25.7 Å². The Morgan fingerprint density at radius 2 is 1.04 bits per heavy atom. The summed E-state index contributed by atoms with van der Waals surface area (Å²) in [6.45, 7) is 16.1. The molecule has 2 heteroatoms. The highest BCUT2D eigenvalue weighted by atomic mass is 16.5. The summed E-state index contributed by atoms with van der Waals surface area (Å²) < 4.78 is 10.4. The second kappa shape index (κ2) is 12.2. The fraction of sp³-hybridized carbons (Fsp3) is 0.364. The summed E-state index contributed by atoms with van der Waals surface area (Å²) in [4.78, 5) is 0. The monoisotopic (exact) mass is 326 g/mol. The molecule has 0 radical (unpaired) electrons. The number of benzene rings is 1. The molecule has 0 atom stereocenters. The van der Waals surface area contributed by atoms with Crippen LogP contribution in [-0.4, -0.2) is 13.2 Å². The summed E-state index contributed by atoms with van der Waals surface area (Å²) in [5.74, 6) is 1.43.